The molecule has 0 spiro atoms. The fourth-order valence-corrected chi connectivity index (χ4v) is 2.73. The maximum absolute atomic E-state index is 12.5. The number of benzene rings is 1. The van der Waals surface area contributed by atoms with E-state index < -0.39 is 0 Å². The van der Waals surface area contributed by atoms with E-state index in [4.69, 9.17) is 4.74 Å². The number of thioether (sulfide) groups is 1. The summed E-state index contributed by atoms with van der Waals surface area (Å²) in [6.07, 6.45) is 0. The highest BCUT2D eigenvalue weighted by Crippen LogP contribution is 2.17. The smallest absolute Gasteiger partial charge is 0.315 e. The number of nitrogens with zero attached hydrogens (tertiary/aromatic N) is 2. The molecule has 1 heterocycles. The number of carbonyl (C=O) groups excluding carboxylic acids is 1. The van der Waals surface area contributed by atoms with Crippen molar-refractivity contribution < 1.29 is 14.3 Å². The van der Waals surface area contributed by atoms with Crippen LogP contribution in [0, 0.1) is 6.92 Å². The van der Waals surface area contributed by atoms with Gasteiger partial charge in [0.1, 0.15) is 11.6 Å². The lowest BCUT2D eigenvalue weighted by Gasteiger charge is -2.10. The van der Waals surface area contributed by atoms with Gasteiger partial charge in [0.2, 0.25) is 0 Å². The van der Waals surface area contributed by atoms with Gasteiger partial charge in [0, 0.05) is 0 Å². The molecule has 0 unspecified atom stereocenters. The first-order valence-corrected chi connectivity index (χ1v) is 7.42. The van der Waals surface area contributed by atoms with E-state index in [1.807, 2.05) is 0 Å². The topological polar surface area (TPSA) is 70.4 Å². The van der Waals surface area contributed by atoms with E-state index in [0.717, 1.165) is 0 Å². The number of ether oxygens (including phenoxy) is 2. The van der Waals surface area contributed by atoms with Crippen molar-refractivity contribution in [1.82, 2.24) is 9.55 Å². The van der Waals surface area contributed by atoms with Crippen LogP contribution >= 0.6 is 11.8 Å². The minimum atomic E-state index is -0.318. The Morgan fingerprint density at radius 1 is 1.38 bits per heavy atom. The Morgan fingerprint density at radius 3 is 2.81 bits per heavy atom. The molecule has 1 aromatic carbocycles. The highest BCUT2D eigenvalue weighted by molar-refractivity contribution is 7.98. The molecule has 2 rings (SSSR count). The number of aromatic nitrogens is 2. The van der Waals surface area contributed by atoms with Gasteiger partial charge in [-0.3, -0.25) is 14.2 Å². The first-order valence-electron chi connectivity index (χ1n) is 6.26. The van der Waals surface area contributed by atoms with Gasteiger partial charge in [0.05, 0.1) is 36.8 Å². The molecular formula is C14H16N2O4S. The van der Waals surface area contributed by atoms with E-state index in [0.29, 0.717) is 28.4 Å². The maximum atomic E-state index is 12.5. The Hall–Kier alpha value is -2.02. The van der Waals surface area contributed by atoms with Crippen molar-refractivity contribution in [3.63, 3.8) is 0 Å². The number of esters is 1. The number of carbonyl (C=O) groups is 1. The molecule has 0 bridgehead atoms. The zero-order valence-electron chi connectivity index (χ0n) is 12.1. The molecular weight excluding hydrogens is 292 g/mol. The Morgan fingerprint density at radius 2 is 2.14 bits per heavy atom. The number of rotatable bonds is 5. The van der Waals surface area contributed by atoms with Crippen molar-refractivity contribution in [2.45, 2.75) is 12.8 Å². The summed E-state index contributed by atoms with van der Waals surface area (Å²) in [5.41, 5.74) is 0.487. The summed E-state index contributed by atoms with van der Waals surface area (Å²) in [6, 6.07) is 5.20. The number of hydrogen-bond donors (Lipinski definition) is 0. The van der Waals surface area contributed by atoms with E-state index in [9.17, 15) is 9.59 Å². The van der Waals surface area contributed by atoms with E-state index >= 15 is 0 Å². The van der Waals surface area contributed by atoms with Gasteiger partial charge < -0.3 is 9.47 Å². The summed E-state index contributed by atoms with van der Waals surface area (Å²) in [7, 11) is 2.89. The fourth-order valence-electron chi connectivity index (χ4n) is 1.87. The van der Waals surface area contributed by atoms with Crippen LogP contribution in [-0.4, -0.2) is 35.5 Å². The molecule has 0 radical (unpaired) electrons. The molecule has 0 atom stereocenters. The highest BCUT2D eigenvalue weighted by Gasteiger charge is 2.10. The Balaban J connectivity index is 2.35. The highest BCUT2D eigenvalue weighted by atomic mass is 32.2. The number of aryl methyl sites for hydroxylation is 1. The standard InChI is InChI=1S/C14H16N2O4S/c1-9-15-12-5-4-10(19-2)6-11(12)14(18)16(9)8-21-7-13(17)20-3/h4-6H,7-8H2,1-3H3. The number of methoxy groups -OCH3 is 2. The minimum Gasteiger partial charge on any atom is -0.497 e. The fraction of sp³-hybridized carbons (Fsp3) is 0.357. The second-order valence-corrected chi connectivity index (χ2v) is 5.28. The molecule has 0 aliphatic rings. The summed E-state index contributed by atoms with van der Waals surface area (Å²) < 4.78 is 11.2. The van der Waals surface area contributed by atoms with Crippen molar-refractivity contribution in [2.24, 2.45) is 0 Å². The summed E-state index contributed by atoms with van der Waals surface area (Å²) in [6.45, 7) is 1.77. The molecule has 0 amide bonds. The number of hydrogen-bond acceptors (Lipinski definition) is 6. The third-order valence-corrected chi connectivity index (χ3v) is 3.90. The summed E-state index contributed by atoms with van der Waals surface area (Å²) in [5, 5.41) is 0.499. The average Bonchev–Trinajstić information content (AvgIpc) is 2.50. The minimum absolute atomic E-state index is 0.145. The molecule has 1 aromatic heterocycles. The molecule has 7 heteroatoms. The first-order chi connectivity index (χ1) is 10.1. The summed E-state index contributed by atoms with van der Waals surface area (Å²) in [5.74, 6) is 1.44. The van der Waals surface area contributed by atoms with Gasteiger partial charge in [-0.25, -0.2) is 4.98 Å². The van der Waals surface area contributed by atoms with E-state index in [1.54, 1.807) is 32.2 Å². The van der Waals surface area contributed by atoms with Crippen LogP contribution in [0.1, 0.15) is 5.82 Å². The molecule has 21 heavy (non-hydrogen) atoms. The van der Waals surface area contributed by atoms with Gasteiger partial charge in [0.25, 0.3) is 5.56 Å². The third-order valence-electron chi connectivity index (χ3n) is 3.02. The van der Waals surface area contributed by atoms with Gasteiger partial charge in [-0.15, -0.1) is 11.8 Å². The van der Waals surface area contributed by atoms with E-state index in [2.05, 4.69) is 9.72 Å². The lowest BCUT2D eigenvalue weighted by Crippen LogP contribution is -2.23. The molecule has 0 fully saturated rings. The van der Waals surface area contributed by atoms with Gasteiger partial charge in [0.15, 0.2) is 0 Å². The first kappa shape index (κ1) is 15.4. The molecule has 6 nitrogen and oxygen atoms in total. The van der Waals surface area contributed by atoms with Crippen LogP contribution in [0.4, 0.5) is 0 Å². The predicted molar refractivity (Wildman–Crippen MR) is 81.8 cm³/mol. The quantitative estimate of drug-likeness (QED) is 0.781. The lowest BCUT2D eigenvalue weighted by atomic mass is 10.2. The van der Waals surface area contributed by atoms with Gasteiger partial charge in [-0.05, 0) is 25.1 Å². The zero-order valence-corrected chi connectivity index (χ0v) is 12.9. The summed E-state index contributed by atoms with van der Waals surface area (Å²) in [4.78, 5) is 28.0. The monoisotopic (exact) mass is 308 g/mol. The normalized spacial score (nSPS) is 10.6. The zero-order chi connectivity index (χ0) is 15.4. The Kier molecular flexibility index (Phi) is 4.85. The summed E-state index contributed by atoms with van der Waals surface area (Å²) >= 11 is 1.30. The van der Waals surface area contributed by atoms with Crippen molar-refractivity contribution in [1.29, 1.82) is 0 Å². The van der Waals surface area contributed by atoms with Gasteiger partial charge in [-0.2, -0.15) is 0 Å². The van der Waals surface area contributed by atoms with Crippen molar-refractivity contribution in [3.05, 3.63) is 34.4 Å². The molecule has 0 aliphatic heterocycles. The van der Waals surface area contributed by atoms with Crippen molar-refractivity contribution >= 4 is 28.6 Å². The average molecular weight is 308 g/mol. The van der Waals surface area contributed by atoms with E-state index in [1.165, 1.54) is 23.4 Å². The Bertz CT molecular complexity index is 727. The van der Waals surface area contributed by atoms with Crippen LogP contribution in [-0.2, 0) is 15.4 Å². The van der Waals surface area contributed by atoms with Crippen LogP contribution in [0.5, 0.6) is 5.75 Å². The molecule has 0 saturated carbocycles. The molecule has 0 saturated heterocycles. The van der Waals surface area contributed by atoms with Crippen molar-refractivity contribution in [3.8, 4) is 5.75 Å². The second kappa shape index (κ2) is 6.62. The Labute approximate surface area is 126 Å². The molecule has 2 aromatic rings. The molecule has 0 N–H and O–H groups in total. The second-order valence-electron chi connectivity index (χ2n) is 4.33. The van der Waals surface area contributed by atoms with Crippen LogP contribution in [0.2, 0.25) is 0 Å². The largest absolute Gasteiger partial charge is 0.497 e. The van der Waals surface area contributed by atoms with Gasteiger partial charge in [-0.1, -0.05) is 0 Å². The van der Waals surface area contributed by atoms with Gasteiger partial charge >= 0.3 is 5.97 Å². The van der Waals surface area contributed by atoms with Crippen LogP contribution < -0.4 is 10.3 Å². The lowest BCUT2D eigenvalue weighted by molar-refractivity contribution is -0.137. The van der Waals surface area contributed by atoms with E-state index in [-0.39, 0.29) is 17.3 Å². The van der Waals surface area contributed by atoms with Crippen LogP contribution in [0.3, 0.4) is 0 Å². The molecule has 112 valence electrons. The van der Waals surface area contributed by atoms with Crippen LogP contribution in [0.15, 0.2) is 23.0 Å². The van der Waals surface area contributed by atoms with Crippen molar-refractivity contribution in [2.75, 3.05) is 20.0 Å². The number of fused-ring (bicyclic) bond motifs is 1. The predicted octanol–water partition coefficient (Wildman–Crippen LogP) is 1.58. The van der Waals surface area contributed by atoms with Crippen LogP contribution in [0.25, 0.3) is 10.9 Å². The third kappa shape index (κ3) is 3.36. The maximum Gasteiger partial charge on any atom is 0.315 e. The SMILES string of the molecule is COC(=O)CSCn1c(C)nc2ccc(OC)cc2c1=O. The molecule has 0 aliphatic carbocycles.